The Morgan fingerprint density at radius 2 is 1.61 bits per heavy atom. The second-order valence-corrected chi connectivity index (χ2v) is 8.88. The van der Waals surface area contributed by atoms with E-state index < -0.39 is 17.3 Å². The number of amides is 1. The van der Waals surface area contributed by atoms with Crippen LogP contribution in [0, 0.1) is 5.41 Å². The van der Waals surface area contributed by atoms with Gasteiger partial charge in [0.1, 0.15) is 5.60 Å². The van der Waals surface area contributed by atoms with Gasteiger partial charge in [0.2, 0.25) is 0 Å². The molecular weight excluding hydrogens is 371 g/mol. The molecule has 3 rings (SSSR count). The lowest BCUT2D eigenvalue weighted by Gasteiger charge is -2.47. The Labute approximate surface area is 163 Å². The predicted molar refractivity (Wildman–Crippen MR) is 100 cm³/mol. The fourth-order valence-corrected chi connectivity index (χ4v) is 3.99. The number of hydrogen-bond acceptors (Lipinski definition) is 4. The van der Waals surface area contributed by atoms with Gasteiger partial charge in [-0.25, -0.2) is 4.79 Å². The van der Waals surface area contributed by atoms with Gasteiger partial charge in [0.05, 0.1) is 17.4 Å². The summed E-state index contributed by atoms with van der Waals surface area (Å²) in [5.74, 6) is 0. The fourth-order valence-electron chi connectivity index (χ4n) is 3.99. The standard InChI is InChI=1S/C20H28F3N3O2/c1-18(2,3)28-17(27)26-10-6-19(7-11-26)4-8-25(9-5-19)16-12-15(13-24-14-16)20(21,22)23/h12-14H,4-11H2,1-3H3. The first-order chi connectivity index (χ1) is 13.0. The number of carbonyl (C=O) groups excluding carboxylic acids is 1. The van der Waals surface area contributed by atoms with Crippen LogP contribution in [0.3, 0.4) is 0 Å². The smallest absolute Gasteiger partial charge is 0.417 e. The summed E-state index contributed by atoms with van der Waals surface area (Å²) in [5, 5.41) is 0. The number of halogens is 3. The Kier molecular flexibility index (Phi) is 5.51. The summed E-state index contributed by atoms with van der Waals surface area (Å²) in [6, 6.07) is 1.18. The van der Waals surface area contributed by atoms with E-state index in [1.165, 1.54) is 12.3 Å². The molecule has 1 amide bonds. The van der Waals surface area contributed by atoms with Gasteiger partial charge in [-0.15, -0.1) is 0 Å². The highest BCUT2D eigenvalue weighted by Crippen LogP contribution is 2.42. The second kappa shape index (κ2) is 7.44. The quantitative estimate of drug-likeness (QED) is 0.686. The first-order valence-electron chi connectivity index (χ1n) is 9.73. The van der Waals surface area contributed by atoms with Crippen LogP contribution < -0.4 is 4.90 Å². The van der Waals surface area contributed by atoms with Crippen molar-refractivity contribution in [3.8, 4) is 0 Å². The van der Waals surface area contributed by atoms with Crippen LogP contribution >= 0.6 is 0 Å². The molecule has 2 aliphatic heterocycles. The summed E-state index contributed by atoms with van der Waals surface area (Å²) in [6.07, 6.45) is 1.34. The molecule has 1 aromatic heterocycles. The molecule has 1 aromatic rings. The van der Waals surface area contributed by atoms with Gasteiger partial charge in [0.15, 0.2) is 0 Å². The van der Waals surface area contributed by atoms with Crippen LogP contribution in [0.1, 0.15) is 52.0 Å². The van der Waals surface area contributed by atoms with Gasteiger partial charge >= 0.3 is 12.3 Å². The lowest BCUT2D eigenvalue weighted by atomic mass is 9.71. The normalized spacial score (nSPS) is 20.4. The van der Waals surface area contributed by atoms with E-state index in [-0.39, 0.29) is 11.5 Å². The van der Waals surface area contributed by atoms with Crippen molar-refractivity contribution in [2.24, 2.45) is 5.41 Å². The van der Waals surface area contributed by atoms with Crippen LogP contribution in [0.4, 0.5) is 23.7 Å². The highest BCUT2D eigenvalue weighted by molar-refractivity contribution is 5.68. The Bertz CT molecular complexity index is 697. The number of nitrogens with zero attached hydrogens (tertiary/aromatic N) is 3. The highest BCUT2D eigenvalue weighted by atomic mass is 19.4. The first-order valence-corrected chi connectivity index (χ1v) is 9.73. The third kappa shape index (κ3) is 4.89. The second-order valence-electron chi connectivity index (χ2n) is 8.88. The van der Waals surface area contributed by atoms with Gasteiger partial charge in [0, 0.05) is 32.4 Å². The zero-order valence-electron chi connectivity index (χ0n) is 16.7. The number of hydrogen-bond donors (Lipinski definition) is 0. The van der Waals surface area contributed by atoms with Crippen LogP contribution in [0.5, 0.6) is 0 Å². The van der Waals surface area contributed by atoms with E-state index in [0.717, 1.165) is 31.9 Å². The van der Waals surface area contributed by atoms with Crippen molar-refractivity contribution < 1.29 is 22.7 Å². The van der Waals surface area contributed by atoms with Gasteiger partial charge in [-0.05, 0) is 57.9 Å². The van der Waals surface area contributed by atoms with Crippen LogP contribution in [-0.4, -0.2) is 47.8 Å². The van der Waals surface area contributed by atoms with Gasteiger partial charge in [-0.2, -0.15) is 13.2 Å². The minimum atomic E-state index is -4.38. The van der Waals surface area contributed by atoms with Crippen molar-refractivity contribution in [2.45, 2.75) is 58.2 Å². The Hall–Kier alpha value is -1.99. The van der Waals surface area contributed by atoms with Gasteiger partial charge < -0.3 is 14.5 Å². The maximum Gasteiger partial charge on any atom is 0.417 e. The molecule has 0 N–H and O–H groups in total. The summed E-state index contributed by atoms with van der Waals surface area (Å²) < 4.78 is 44.2. The Balaban J connectivity index is 1.56. The molecule has 0 aromatic carbocycles. The van der Waals surface area contributed by atoms with Crippen LogP contribution in [0.2, 0.25) is 0 Å². The van der Waals surface area contributed by atoms with E-state index in [4.69, 9.17) is 4.74 Å². The summed E-state index contributed by atoms with van der Waals surface area (Å²) in [7, 11) is 0. The van der Waals surface area contributed by atoms with Crippen LogP contribution in [-0.2, 0) is 10.9 Å². The molecule has 0 radical (unpaired) electrons. The van der Waals surface area contributed by atoms with Crippen molar-refractivity contribution in [2.75, 3.05) is 31.1 Å². The van der Waals surface area contributed by atoms with E-state index in [1.54, 1.807) is 4.90 Å². The summed E-state index contributed by atoms with van der Waals surface area (Å²) >= 11 is 0. The van der Waals surface area contributed by atoms with E-state index in [9.17, 15) is 18.0 Å². The number of anilines is 1. The molecule has 1 spiro atoms. The number of pyridine rings is 1. The molecule has 2 aliphatic rings. The summed E-state index contributed by atoms with van der Waals surface area (Å²) in [6.45, 7) is 8.31. The molecule has 8 heteroatoms. The third-order valence-electron chi connectivity index (χ3n) is 5.72. The van der Waals surface area contributed by atoms with E-state index in [0.29, 0.717) is 31.9 Å². The SMILES string of the molecule is CC(C)(C)OC(=O)N1CCC2(CC1)CCN(c1cncc(C(F)(F)F)c1)CC2. The molecule has 0 unspecified atom stereocenters. The van der Waals surface area contributed by atoms with Crippen molar-refractivity contribution in [3.05, 3.63) is 24.0 Å². The molecule has 3 heterocycles. The zero-order valence-corrected chi connectivity index (χ0v) is 16.7. The number of piperidine rings is 2. The van der Waals surface area contributed by atoms with Crippen molar-refractivity contribution >= 4 is 11.8 Å². The number of ether oxygens (including phenoxy) is 1. The monoisotopic (exact) mass is 399 g/mol. The Morgan fingerprint density at radius 3 is 2.14 bits per heavy atom. The minimum absolute atomic E-state index is 0.157. The van der Waals surface area contributed by atoms with Gasteiger partial charge in [-0.3, -0.25) is 4.98 Å². The lowest BCUT2D eigenvalue weighted by molar-refractivity contribution is -0.137. The number of likely N-dealkylation sites (tertiary alicyclic amines) is 1. The zero-order chi connectivity index (χ0) is 20.6. The first kappa shape index (κ1) is 20.7. The van der Waals surface area contributed by atoms with Gasteiger partial charge in [-0.1, -0.05) is 0 Å². The average molecular weight is 399 g/mol. The number of rotatable bonds is 1. The topological polar surface area (TPSA) is 45.7 Å². The maximum absolute atomic E-state index is 12.9. The third-order valence-corrected chi connectivity index (χ3v) is 5.72. The average Bonchev–Trinajstić information content (AvgIpc) is 2.61. The molecular formula is C20H28F3N3O2. The molecule has 0 aliphatic carbocycles. The number of alkyl halides is 3. The van der Waals surface area contributed by atoms with Crippen molar-refractivity contribution in [1.82, 2.24) is 9.88 Å². The molecule has 2 saturated heterocycles. The van der Waals surface area contributed by atoms with E-state index >= 15 is 0 Å². The largest absolute Gasteiger partial charge is 0.444 e. The molecule has 0 bridgehead atoms. The Morgan fingerprint density at radius 1 is 1.04 bits per heavy atom. The van der Waals surface area contributed by atoms with E-state index in [1.807, 2.05) is 25.7 Å². The summed E-state index contributed by atoms with van der Waals surface area (Å²) in [4.78, 5) is 19.7. The number of carbonyl (C=O) groups is 1. The lowest BCUT2D eigenvalue weighted by Crippen LogP contribution is -2.49. The summed E-state index contributed by atoms with van der Waals surface area (Å²) in [5.41, 5.74) is -0.535. The molecule has 0 atom stereocenters. The van der Waals surface area contributed by atoms with Crippen LogP contribution in [0.15, 0.2) is 18.5 Å². The molecule has 2 fully saturated rings. The van der Waals surface area contributed by atoms with Gasteiger partial charge in [0.25, 0.3) is 0 Å². The molecule has 0 saturated carbocycles. The maximum atomic E-state index is 12.9. The van der Waals surface area contributed by atoms with Crippen molar-refractivity contribution in [1.29, 1.82) is 0 Å². The molecule has 5 nitrogen and oxygen atoms in total. The molecule has 156 valence electrons. The number of aromatic nitrogens is 1. The van der Waals surface area contributed by atoms with E-state index in [2.05, 4.69) is 4.98 Å². The molecule has 28 heavy (non-hydrogen) atoms. The van der Waals surface area contributed by atoms with Crippen LogP contribution in [0.25, 0.3) is 0 Å². The fraction of sp³-hybridized carbons (Fsp3) is 0.700. The minimum Gasteiger partial charge on any atom is -0.444 e. The highest BCUT2D eigenvalue weighted by Gasteiger charge is 2.40. The van der Waals surface area contributed by atoms with Crippen molar-refractivity contribution in [3.63, 3.8) is 0 Å². The predicted octanol–water partition coefficient (Wildman–Crippen LogP) is 4.72.